The molecule has 1 amide bonds. The van der Waals surface area contributed by atoms with Gasteiger partial charge in [-0.15, -0.1) is 0 Å². The maximum absolute atomic E-state index is 11.7. The third kappa shape index (κ3) is 2.09. The maximum atomic E-state index is 11.7. The Bertz CT molecular complexity index is 278. The van der Waals surface area contributed by atoms with Crippen LogP contribution in [0.5, 0.6) is 0 Å². The Labute approximate surface area is 96.8 Å². The van der Waals surface area contributed by atoms with Gasteiger partial charge in [-0.25, -0.2) is 0 Å². The van der Waals surface area contributed by atoms with Gasteiger partial charge in [0, 0.05) is 18.0 Å². The quantitative estimate of drug-likeness (QED) is 0.639. The van der Waals surface area contributed by atoms with Crippen LogP contribution in [0.2, 0.25) is 0 Å². The number of hydrogen-bond donors (Lipinski definition) is 3. The molecular formula is C12H22N2O2. The number of carbonyl (C=O) groups is 1. The zero-order valence-electron chi connectivity index (χ0n) is 10.1. The molecule has 1 saturated heterocycles. The van der Waals surface area contributed by atoms with Gasteiger partial charge in [-0.1, -0.05) is 13.8 Å². The van der Waals surface area contributed by atoms with Gasteiger partial charge in [-0.2, -0.15) is 0 Å². The number of amides is 1. The predicted octanol–water partition coefficient (Wildman–Crippen LogP) is 0.404. The molecule has 2 fully saturated rings. The van der Waals surface area contributed by atoms with Gasteiger partial charge in [0.1, 0.15) is 0 Å². The first-order valence-corrected chi connectivity index (χ1v) is 6.23. The van der Waals surface area contributed by atoms with Crippen LogP contribution in [0.3, 0.4) is 0 Å². The number of rotatable bonds is 2. The van der Waals surface area contributed by atoms with E-state index >= 15 is 0 Å². The highest BCUT2D eigenvalue weighted by Gasteiger charge is 2.48. The lowest BCUT2D eigenvalue weighted by atomic mass is 9.64. The van der Waals surface area contributed by atoms with Gasteiger partial charge in [0.15, 0.2) is 0 Å². The van der Waals surface area contributed by atoms with Gasteiger partial charge in [0.25, 0.3) is 0 Å². The topological polar surface area (TPSA) is 61.4 Å². The van der Waals surface area contributed by atoms with Crippen molar-refractivity contribution in [3.05, 3.63) is 0 Å². The molecule has 0 bridgehead atoms. The molecule has 16 heavy (non-hydrogen) atoms. The average Bonchev–Trinajstić information content (AvgIpc) is 2.44. The van der Waals surface area contributed by atoms with Crippen molar-refractivity contribution in [1.29, 1.82) is 0 Å². The summed E-state index contributed by atoms with van der Waals surface area (Å²) in [5, 5.41) is 16.0. The molecule has 0 radical (unpaired) electrons. The highest BCUT2D eigenvalue weighted by molar-refractivity contribution is 5.82. The first-order chi connectivity index (χ1) is 7.51. The molecule has 0 spiro atoms. The molecule has 1 aliphatic carbocycles. The molecule has 2 aliphatic rings. The van der Waals surface area contributed by atoms with Crippen LogP contribution >= 0.6 is 0 Å². The van der Waals surface area contributed by atoms with Crippen molar-refractivity contribution in [2.45, 2.75) is 57.7 Å². The van der Waals surface area contributed by atoms with Crippen molar-refractivity contribution in [2.75, 3.05) is 6.54 Å². The molecule has 0 aromatic heterocycles. The Kier molecular flexibility index (Phi) is 3.22. The first kappa shape index (κ1) is 11.9. The van der Waals surface area contributed by atoms with Crippen LogP contribution in [0.25, 0.3) is 0 Å². The van der Waals surface area contributed by atoms with Crippen LogP contribution in [-0.2, 0) is 4.79 Å². The van der Waals surface area contributed by atoms with Gasteiger partial charge in [0.2, 0.25) is 5.91 Å². The van der Waals surface area contributed by atoms with Crippen molar-refractivity contribution >= 4 is 5.91 Å². The summed E-state index contributed by atoms with van der Waals surface area (Å²) < 4.78 is 0. The molecule has 3 unspecified atom stereocenters. The van der Waals surface area contributed by atoms with E-state index in [1.807, 2.05) is 13.8 Å². The largest absolute Gasteiger partial charge is 0.392 e. The van der Waals surface area contributed by atoms with E-state index in [0.717, 1.165) is 32.2 Å². The predicted molar refractivity (Wildman–Crippen MR) is 62.0 cm³/mol. The molecule has 0 aromatic carbocycles. The summed E-state index contributed by atoms with van der Waals surface area (Å²) in [6, 6.07) is 0.190. The minimum absolute atomic E-state index is 0.0701. The van der Waals surface area contributed by atoms with Crippen LogP contribution in [0.4, 0.5) is 0 Å². The zero-order chi connectivity index (χ0) is 11.8. The summed E-state index contributed by atoms with van der Waals surface area (Å²) in [5.74, 6) is 0.120. The van der Waals surface area contributed by atoms with Crippen molar-refractivity contribution in [3.63, 3.8) is 0 Å². The van der Waals surface area contributed by atoms with E-state index in [2.05, 4.69) is 10.6 Å². The zero-order valence-corrected chi connectivity index (χ0v) is 10.1. The SMILES string of the molecule is CC1(C)C(O)CC1NC1CCCCNC1=O. The Hall–Kier alpha value is -0.610. The number of carbonyl (C=O) groups excluding carboxylic acids is 1. The molecule has 4 nitrogen and oxygen atoms in total. The minimum atomic E-state index is -0.237. The highest BCUT2D eigenvalue weighted by Crippen LogP contribution is 2.40. The normalized spacial score (nSPS) is 38.4. The molecular weight excluding hydrogens is 204 g/mol. The second-order valence-corrected chi connectivity index (χ2v) is 5.63. The summed E-state index contributed by atoms with van der Waals surface area (Å²) in [6.45, 7) is 4.90. The number of hydrogen-bond acceptors (Lipinski definition) is 3. The number of aliphatic hydroxyl groups is 1. The van der Waals surface area contributed by atoms with Crippen LogP contribution in [-0.4, -0.2) is 35.7 Å². The summed E-state index contributed by atoms with van der Waals surface area (Å²) >= 11 is 0. The second kappa shape index (κ2) is 4.34. The summed E-state index contributed by atoms with van der Waals surface area (Å²) in [4.78, 5) is 11.7. The van der Waals surface area contributed by atoms with Crippen LogP contribution < -0.4 is 10.6 Å². The molecule has 3 atom stereocenters. The van der Waals surface area contributed by atoms with Crippen LogP contribution in [0.15, 0.2) is 0 Å². The molecule has 4 heteroatoms. The Morgan fingerprint density at radius 3 is 2.81 bits per heavy atom. The lowest BCUT2D eigenvalue weighted by Crippen LogP contribution is -2.63. The van der Waals surface area contributed by atoms with Crippen LogP contribution in [0.1, 0.15) is 39.5 Å². The van der Waals surface area contributed by atoms with E-state index in [-0.39, 0.29) is 29.5 Å². The maximum Gasteiger partial charge on any atom is 0.237 e. The van der Waals surface area contributed by atoms with Crippen molar-refractivity contribution in [2.24, 2.45) is 5.41 Å². The summed E-state index contributed by atoms with van der Waals surface area (Å²) in [5.41, 5.74) is -0.105. The first-order valence-electron chi connectivity index (χ1n) is 6.23. The molecule has 0 aromatic rings. The highest BCUT2D eigenvalue weighted by atomic mass is 16.3. The lowest BCUT2D eigenvalue weighted by molar-refractivity contribution is -0.125. The fourth-order valence-corrected chi connectivity index (χ4v) is 2.53. The molecule has 1 aliphatic heterocycles. The van der Waals surface area contributed by atoms with Crippen molar-refractivity contribution in [3.8, 4) is 0 Å². The standard InChI is InChI=1S/C12H22N2O2/c1-12(2)9(7-10(12)15)14-8-5-3-4-6-13-11(8)16/h8-10,14-15H,3-7H2,1-2H3,(H,13,16). The summed E-state index contributed by atoms with van der Waals surface area (Å²) in [7, 11) is 0. The van der Waals surface area contributed by atoms with Crippen LogP contribution in [0, 0.1) is 5.41 Å². The molecule has 92 valence electrons. The molecule has 1 saturated carbocycles. The van der Waals surface area contributed by atoms with E-state index in [4.69, 9.17) is 0 Å². The lowest BCUT2D eigenvalue weighted by Gasteiger charge is -2.50. The van der Waals surface area contributed by atoms with E-state index in [0.29, 0.717) is 0 Å². The van der Waals surface area contributed by atoms with Gasteiger partial charge in [-0.05, 0) is 25.7 Å². The third-order valence-corrected chi connectivity index (χ3v) is 4.15. The Balaban J connectivity index is 1.91. The third-order valence-electron chi connectivity index (χ3n) is 4.15. The van der Waals surface area contributed by atoms with Gasteiger partial charge in [-0.3, -0.25) is 4.79 Å². The Morgan fingerprint density at radius 1 is 1.44 bits per heavy atom. The molecule has 1 heterocycles. The van der Waals surface area contributed by atoms with E-state index in [9.17, 15) is 9.90 Å². The van der Waals surface area contributed by atoms with E-state index < -0.39 is 0 Å². The minimum Gasteiger partial charge on any atom is -0.392 e. The molecule has 3 N–H and O–H groups in total. The van der Waals surface area contributed by atoms with E-state index in [1.165, 1.54) is 0 Å². The Morgan fingerprint density at radius 2 is 2.19 bits per heavy atom. The molecule has 2 rings (SSSR count). The second-order valence-electron chi connectivity index (χ2n) is 5.63. The summed E-state index contributed by atoms with van der Waals surface area (Å²) in [6.07, 6.45) is 3.59. The van der Waals surface area contributed by atoms with Gasteiger partial charge in [0.05, 0.1) is 12.1 Å². The fourth-order valence-electron chi connectivity index (χ4n) is 2.53. The average molecular weight is 226 g/mol. The smallest absolute Gasteiger partial charge is 0.237 e. The fraction of sp³-hybridized carbons (Fsp3) is 0.917. The van der Waals surface area contributed by atoms with Crippen molar-refractivity contribution in [1.82, 2.24) is 10.6 Å². The number of nitrogens with one attached hydrogen (secondary N) is 2. The van der Waals surface area contributed by atoms with Gasteiger partial charge < -0.3 is 15.7 Å². The van der Waals surface area contributed by atoms with E-state index in [1.54, 1.807) is 0 Å². The van der Waals surface area contributed by atoms with Crippen molar-refractivity contribution < 1.29 is 9.90 Å². The number of aliphatic hydroxyl groups excluding tert-OH is 1. The van der Waals surface area contributed by atoms with Gasteiger partial charge >= 0.3 is 0 Å². The monoisotopic (exact) mass is 226 g/mol.